The van der Waals surface area contributed by atoms with Crippen LogP contribution in [-0.2, 0) is 20.3 Å². The average molecular weight is 1160 g/mol. The van der Waals surface area contributed by atoms with Gasteiger partial charge in [0.05, 0.1) is 31.5 Å². The van der Waals surface area contributed by atoms with Crippen molar-refractivity contribution in [3.63, 3.8) is 0 Å². The van der Waals surface area contributed by atoms with Gasteiger partial charge in [0.15, 0.2) is 0 Å². The average Bonchev–Trinajstić information content (AvgIpc) is 1.26. The molecule has 8 aliphatic carbocycles. The second-order valence-corrected chi connectivity index (χ2v) is 33.1. The van der Waals surface area contributed by atoms with Crippen molar-refractivity contribution in [2.45, 2.75) is 261 Å². The lowest BCUT2D eigenvalue weighted by Gasteiger charge is -2.65. The Balaban J connectivity index is 0.000000202. The van der Waals surface area contributed by atoms with Gasteiger partial charge in [-0.2, -0.15) is 0 Å². The Morgan fingerprint density at radius 3 is 1.29 bits per heavy atom. The molecule has 2 aromatic rings. The maximum atomic E-state index is 12.4. The molecule has 22 atom stereocenters. The molecule has 84 heavy (non-hydrogen) atoms. The zero-order valence-electron chi connectivity index (χ0n) is 55.5. The molecule has 472 valence electrons. The number of hydrogen-bond acceptors (Lipinski definition) is 7. The van der Waals surface area contributed by atoms with Crippen LogP contribution in [0, 0.1) is 110 Å². The summed E-state index contributed by atoms with van der Waals surface area (Å²) in [7, 11) is 0. The van der Waals surface area contributed by atoms with Crippen LogP contribution >= 0.6 is 0 Å². The van der Waals surface area contributed by atoms with Gasteiger partial charge in [-0.05, 0) is 266 Å². The summed E-state index contributed by atoms with van der Waals surface area (Å²) >= 11 is 0. The summed E-state index contributed by atoms with van der Waals surface area (Å²) < 4.78 is 11.1. The summed E-state index contributed by atoms with van der Waals surface area (Å²) in [6, 6.07) is 16.1. The normalized spacial score (nSPS) is 40.4. The SMILES string of the molecule is CC[C@H]1[C@@H](O)[C@@H]2[C@H](CC[C@]3(C)[C@@H]([C@H](C)CCCOC(=O)Nc4ccc(C(C)(C)C)cc4)CC[C@@H]23)[C@@]2(C)CC[C@@H](C)C[C@@H]12.CC[C@H]1[C@@H](O)[C@@H]2[C@H](CC[C@]3(C)[C@@H]([C@H](C)CCCOC(=O)Nc4ccc(C(C)(C)C)cc4)CC[C@@H]23)[C@@]2(C)CC[C@@H](O)C[C@@H]12. The monoisotopic (exact) mass is 1160 g/mol. The highest BCUT2D eigenvalue weighted by Crippen LogP contribution is 2.72. The van der Waals surface area contributed by atoms with E-state index < -0.39 is 0 Å². The van der Waals surface area contributed by atoms with E-state index in [0.717, 1.165) is 75.1 Å². The number of rotatable bonds is 14. The van der Waals surface area contributed by atoms with E-state index in [1.807, 2.05) is 24.3 Å². The van der Waals surface area contributed by atoms with E-state index in [9.17, 15) is 24.9 Å². The Kier molecular flexibility index (Phi) is 20.0. The number of fused-ring (bicyclic) bond motifs is 10. The first-order chi connectivity index (χ1) is 39.6. The number of benzene rings is 2. The molecule has 2 amide bonds. The molecule has 0 radical (unpaired) electrons. The molecule has 0 unspecified atom stereocenters. The van der Waals surface area contributed by atoms with Crippen LogP contribution in [0.3, 0.4) is 0 Å². The molecule has 9 heteroatoms. The predicted octanol–water partition coefficient (Wildman–Crippen LogP) is 18.4. The number of carbonyl (C=O) groups is 2. The Labute approximate surface area is 510 Å². The fraction of sp³-hybridized carbons (Fsp3) is 0.813. The van der Waals surface area contributed by atoms with Gasteiger partial charge in [-0.1, -0.05) is 147 Å². The summed E-state index contributed by atoms with van der Waals surface area (Å²) in [5.74, 6) is 8.64. The second kappa shape index (κ2) is 25.8. The van der Waals surface area contributed by atoms with Crippen molar-refractivity contribution < 1.29 is 34.4 Å². The molecule has 0 saturated heterocycles. The molecule has 9 nitrogen and oxygen atoms in total. The smallest absolute Gasteiger partial charge is 0.411 e. The number of aliphatic hydroxyl groups is 3. The number of hydrogen-bond donors (Lipinski definition) is 5. The summed E-state index contributed by atoms with van der Waals surface area (Å²) in [5, 5.41) is 40.3. The topological polar surface area (TPSA) is 137 Å². The molecule has 8 aliphatic rings. The van der Waals surface area contributed by atoms with Crippen molar-refractivity contribution in [3.05, 3.63) is 59.7 Å². The Morgan fingerprint density at radius 2 is 0.893 bits per heavy atom. The minimum atomic E-state index is -0.379. The molecular weight excluding hydrogens is 1040 g/mol. The summed E-state index contributed by atoms with van der Waals surface area (Å²) in [6.07, 6.45) is 21.9. The molecule has 8 fully saturated rings. The number of ether oxygens (including phenoxy) is 2. The number of nitrogens with one attached hydrogen (secondary N) is 2. The van der Waals surface area contributed by atoms with Crippen LogP contribution in [0.15, 0.2) is 48.5 Å². The fourth-order valence-electron chi connectivity index (χ4n) is 22.0. The molecular formula is C75H120N2O7. The van der Waals surface area contributed by atoms with Crippen molar-refractivity contribution in [1.82, 2.24) is 0 Å². The zero-order valence-corrected chi connectivity index (χ0v) is 55.5. The third-order valence-electron chi connectivity index (χ3n) is 26.7. The minimum Gasteiger partial charge on any atom is -0.449 e. The highest BCUT2D eigenvalue weighted by molar-refractivity contribution is 5.85. The van der Waals surface area contributed by atoms with Gasteiger partial charge in [0.2, 0.25) is 0 Å². The van der Waals surface area contributed by atoms with Crippen molar-refractivity contribution in [2.75, 3.05) is 23.8 Å². The minimum absolute atomic E-state index is 0.0840. The van der Waals surface area contributed by atoms with Crippen LogP contribution in [0.25, 0.3) is 0 Å². The third-order valence-corrected chi connectivity index (χ3v) is 26.7. The molecule has 2 aromatic carbocycles. The van der Waals surface area contributed by atoms with Crippen LogP contribution in [-0.4, -0.2) is 59.0 Å². The number of amides is 2. The molecule has 5 N–H and O–H groups in total. The van der Waals surface area contributed by atoms with Gasteiger partial charge in [0, 0.05) is 11.4 Å². The van der Waals surface area contributed by atoms with E-state index in [0.29, 0.717) is 107 Å². The van der Waals surface area contributed by atoms with Crippen LogP contribution in [0.1, 0.15) is 243 Å². The summed E-state index contributed by atoms with van der Waals surface area (Å²) in [5.41, 5.74) is 5.46. The number of carbonyl (C=O) groups excluding carboxylic acids is 2. The largest absolute Gasteiger partial charge is 0.449 e. The van der Waals surface area contributed by atoms with E-state index in [1.54, 1.807) is 0 Å². The lowest BCUT2D eigenvalue weighted by Crippen LogP contribution is -2.62. The lowest BCUT2D eigenvalue weighted by molar-refractivity contribution is -0.203. The standard InChI is InChI=1S/C38H61NO3.C37H59NO4/c1-9-28-32-23-24(2)18-20-38(32,8)31-19-21-37(7)29(16-17-30(37)33(31)34(28)40)25(3)11-10-22-42-35(41)39-27-14-12-26(13-15-27)36(4,5)6;1-8-27-31-22-26(39)17-19-37(31,7)30-18-20-36(6)28(15-16-29(36)32(30)33(27)40)23(2)10-9-21-42-34(41)38-25-13-11-24(12-14-25)35(3,4)5/h12-15,24-25,28-34,40H,9-11,16-23H2,1-8H3,(H,39,41);11-14,23,26-33,39-40H,8-10,15-22H2,1-7H3,(H,38,41)/t24-,25-,28-,29-,30+,31+,32+,33+,34-,37-,38-;23-,26-,27-,28-,29+,30+,31+,32+,33-,36-,37-/m11/s1. The second-order valence-electron chi connectivity index (χ2n) is 33.1. The van der Waals surface area contributed by atoms with Crippen molar-refractivity contribution >= 4 is 23.6 Å². The molecule has 0 spiro atoms. The highest BCUT2D eigenvalue weighted by Gasteiger charge is 2.67. The summed E-state index contributed by atoms with van der Waals surface area (Å²) in [6.45, 7) is 36.2. The Bertz CT molecular complexity index is 2330. The quantitative estimate of drug-likeness (QED) is 0.119. The van der Waals surface area contributed by atoms with Crippen LogP contribution in [0.4, 0.5) is 21.0 Å². The first-order valence-corrected chi connectivity index (χ1v) is 34.7. The molecule has 0 heterocycles. The van der Waals surface area contributed by atoms with E-state index in [2.05, 4.69) is 139 Å². The van der Waals surface area contributed by atoms with Gasteiger partial charge in [0.1, 0.15) is 0 Å². The maximum absolute atomic E-state index is 12.4. The van der Waals surface area contributed by atoms with Gasteiger partial charge < -0.3 is 24.8 Å². The van der Waals surface area contributed by atoms with Crippen molar-refractivity contribution in [2.24, 2.45) is 110 Å². The van der Waals surface area contributed by atoms with Gasteiger partial charge in [-0.25, -0.2) is 9.59 Å². The number of anilines is 2. The first-order valence-electron chi connectivity index (χ1n) is 34.7. The molecule has 8 saturated carbocycles. The molecule has 0 aromatic heterocycles. The van der Waals surface area contributed by atoms with Crippen LogP contribution < -0.4 is 10.6 Å². The van der Waals surface area contributed by atoms with Crippen LogP contribution in [0.5, 0.6) is 0 Å². The van der Waals surface area contributed by atoms with Gasteiger partial charge in [-0.15, -0.1) is 0 Å². The highest BCUT2D eigenvalue weighted by atomic mass is 16.6. The lowest BCUT2D eigenvalue weighted by atomic mass is 9.41. The first kappa shape index (κ1) is 65.3. The predicted molar refractivity (Wildman–Crippen MR) is 344 cm³/mol. The van der Waals surface area contributed by atoms with E-state index in [4.69, 9.17) is 9.47 Å². The fourth-order valence-corrected chi connectivity index (χ4v) is 22.0. The number of aliphatic hydroxyl groups excluding tert-OH is 3. The molecule has 0 bridgehead atoms. The van der Waals surface area contributed by atoms with Gasteiger partial charge in [-0.3, -0.25) is 10.6 Å². The van der Waals surface area contributed by atoms with E-state index in [1.165, 1.54) is 81.8 Å². The van der Waals surface area contributed by atoms with E-state index >= 15 is 0 Å². The summed E-state index contributed by atoms with van der Waals surface area (Å²) in [4.78, 5) is 24.9. The molecule has 10 rings (SSSR count). The van der Waals surface area contributed by atoms with Crippen LogP contribution in [0.2, 0.25) is 0 Å². The zero-order chi connectivity index (χ0) is 60.9. The van der Waals surface area contributed by atoms with Gasteiger partial charge >= 0.3 is 12.2 Å². The van der Waals surface area contributed by atoms with Gasteiger partial charge in [0.25, 0.3) is 0 Å². The van der Waals surface area contributed by atoms with Crippen molar-refractivity contribution in [1.29, 1.82) is 0 Å². The maximum Gasteiger partial charge on any atom is 0.411 e. The third kappa shape index (κ3) is 12.9. The Morgan fingerprint density at radius 1 is 0.524 bits per heavy atom. The molecule has 0 aliphatic heterocycles. The Hall–Kier alpha value is -3.14. The van der Waals surface area contributed by atoms with E-state index in [-0.39, 0.29) is 52.2 Å². The van der Waals surface area contributed by atoms with Crippen molar-refractivity contribution in [3.8, 4) is 0 Å².